The highest BCUT2D eigenvalue weighted by atomic mass is 79.9. The van der Waals surface area contributed by atoms with Gasteiger partial charge in [0.25, 0.3) is 5.91 Å². The monoisotopic (exact) mass is 557 g/mol. The van der Waals surface area contributed by atoms with Gasteiger partial charge in [0.15, 0.2) is 15.8 Å². The molecule has 4 rings (SSSR count). The Hall–Kier alpha value is -2.68. The summed E-state index contributed by atoms with van der Waals surface area (Å²) in [5, 5.41) is 0. The van der Waals surface area contributed by atoms with Crippen molar-refractivity contribution in [2.24, 2.45) is 0 Å². The van der Waals surface area contributed by atoms with Crippen LogP contribution in [0.25, 0.3) is 6.08 Å². The Morgan fingerprint density at radius 2 is 1.85 bits per heavy atom. The molecular formula is C26H21BrFNO3S2. The van der Waals surface area contributed by atoms with E-state index in [0.29, 0.717) is 37.4 Å². The number of ether oxygens (including phenoxy) is 2. The Morgan fingerprint density at radius 3 is 2.56 bits per heavy atom. The molecule has 1 amide bonds. The van der Waals surface area contributed by atoms with Crippen LogP contribution in [-0.4, -0.2) is 16.8 Å². The Kier molecular flexibility index (Phi) is 7.70. The summed E-state index contributed by atoms with van der Waals surface area (Å²) in [6.07, 6.45) is 1.78. The van der Waals surface area contributed by atoms with E-state index in [1.165, 1.54) is 22.7 Å². The number of carbonyl (C=O) groups excluding carboxylic acids is 1. The molecule has 1 fully saturated rings. The van der Waals surface area contributed by atoms with Crippen LogP contribution in [0.3, 0.4) is 0 Å². The highest BCUT2D eigenvalue weighted by Crippen LogP contribution is 2.40. The maximum atomic E-state index is 14.0. The van der Waals surface area contributed by atoms with Crippen molar-refractivity contribution in [3.63, 3.8) is 0 Å². The van der Waals surface area contributed by atoms with E-state index >= 15 is 0 Å². The number of hydrogen-bond donors (Lipinski definition) is 0. The van der Waals surface area contributed by atoms with Gasteiger partial charge in [-0.2, -0.15) is 0 Å². The van der Waals surface area contributed by atoms with Crippen molar-refractivity contribution in [3.8, 4) is 11.5 Å². The predicted molar refractivity (Wildman–Crippen MR) is 143 cm³/mol. The number of rotatable bonds is 7. The van der Waals surface area contributed by atoms with Crippen LogP contribution in [0, 0.1) is 12.7 Å². The average molecular weight is 558 g/mol. The van der Waals surface area contributed by atoms with Gasteiger partial charge in [0, 0.05) is 5.56 Å². The fraction of sp³-hybridized carbons (Fsp3) is 0.154. The van der Waals surface area contributed by atoms with Gasteiger partial charge in [0.05, 0.1) is 21.7 Å². The Balaban J connectivity index is 1.60. The molecule has 0 aromatic heterocycles. The molecule has 0 atom stereocenters. The molecular weight excluding hydrogens is 537 g/mol. The SMILES string of the molecule is CCOc1cc(/C=C2/SC(=S)N(c3ccc(C)cc3)C2=O)cc(Br)c1OCc1ccccc1F. The molecule has 1 saturated heterocycles. The molecule has 34 heavy (non-hydrogen) atoms. The van der Waals surface area contributed by atoms with Crippen molar-refractivity contribution in [2.45, 2.75) is 20.5 Å². The third-order valence-electron chi connectivity index (χ3n) is 5.05. The van der Waals surface area contributed by atoms with Gasteiger partial charge < -0.3 is 9.47 Å². The molecule has 3 aromatic rings. The molecule has 8 heteroatoms. The number of thioether (sulfide) groups is 1. The standard InChI is InChI=1S/C26H21BrFNO3S2/c1-3-31-22-13-17(12-20(27)24(22)32-15-18-6-4-5-7-21(18)28)14-23-25(30)29(26(33)34-23)19-10-8-16(2)9-11-19/h4-14H,3,15H2,1-2H3/b23-14+. The van der Waals surface area contributed by atoms with Crippen LogP contribution < -0.4 is 14.4 Å². The van der Waals surface area contributed by atoms with E-state index in [2.05, 4.69) is 15.9 Å². The third-order valence-corrected chi connectivity index (χ3v) is 6.94. The zero-order valence-electron chi connectivity index (χ0n) is 18.5. The first-order chi connectivity index (χ1) is 16.4. The molecule has 174 valence electrons. The predicted octanol–water partition coefficient (Wildman–Crippen LogP) is 7.28. The molecule has 0 saturated carbocycles. The third kappa shape index (κ3) is 5.35. The molecule has 1 heterocycles. The molecule has 0 spiro atoms. The van der Waals surface area contributed by atoms with E-state index in [-0.39, 0.29) is 18.3 Å². The second kappa shape index (κ2) is 10.7. The van der Waals surface area contributed by atoms with Crippen LogP contribution in [0.5, 0.6) is 11.5 Å². The molecule has 0 aliphatic carbocycles. The molecule has 0 bridgehead atoms. The van der Waals surface area contributed by atoms with Gasteiger partial charge in [-0.25, -0.2) is 4.39 Å². The smallest absolute Gasteiger partial charge is 0.270 e. The largest absolute Gasteiger partial charge is 0.490 e. The number of thiocarbonyl (C=S) groups is 1. The van der Waals surface area contributed by atoms with Crippen molar-refractivity contribution < 1.29 is 18.7 Å². The van der Waals surface area contributed by atoms with Gasteiger partial charge in [-0.05, 0) is 71.7 Å². The van der Waals surface area contributed by atoms with E-state index in [0.717, 1.165) is 16.8 Å². The summed E-state index contributed by atoms with van der Waals surface area (Å²) in [6, 6.07) is 17.8. The summed E-state index contributed by atoms with van der Waals surface area (Å²) in [5.74, 6) is 0.458. The number of halogens is 2. The Labute approximate surface area is 215 Å². The average Bonchev–Trinajstić information content (AvgIpc) is 3.08. The van der Waals surface area contributed by atoms with Crippen LogP contribution in [0.15, 0.2) is 70.0 Å². The molecule has 0 N–H and O–H groups in total. The number of anilines is 1. The van der Waals surface area contributed by atoms with Gasteiger partial charge in [-0.1, -0.05) is 59.9 Å². The van der Waals surface area contributed by atoms with Crippen LogP contribution in [0.4, 0.5) is 10.1 Å². The minimum atomic E-state index is -0.330. The molecule has 3 aromatic carbocycles. The van der Waals surface area contributed by atoms with Gasteiger partial charge >= 0.3 is 0 Å². The summed E-state index contributed by atoms with van der Waals surface area (Å²) in [4.78, 5) is 15.2. The minimum Gasteiger partial charge on any atom is -0.490 e. The van der Waals surface area contributed by atoms with E-state index in [9.17, 15) is 9.18 Å². The highest BCUT2D eigenvalue weighted by Gasteiger charge is 2.33. The minimum absolute atomic E-state index is 0.0555. The molecule has 0 radical (unpaired) electrons. The number of benzene rings is 3. The maximum Gasteiger partial charge on any atom is 0.270 e. The van der Waals surface area contributed by atoms with E-state index in [1.807, 2.05) is 44.2 Å². The molecule has 1 aliphatic rings. The topological polar surface area (TPSA) is 38.8 Å². The number of aryl methyl sites for hydroxylation is 1. The van der Waals surface area contributed by atoms with Gasteiger partial charge in [0.1, 0.15) is 12.4 Å². The van der Waals surface area contributed by atoms with Crippen LogP contribution in [0.1, 0.15) is 23.6 Å². The number of carbonyl (C=O) groups is 1. The van der Waals surface area contributed by atoms with Gasteiger partial charge in [0.2, 0.25) is 0 Å². The van der Waals surface area contributed by atoms with Gasteiger partial charge in [-0.3, -0.25) is 9.69 Å². The summed E-state index contributed by atoms with van der Waals surface area (Å²) in [5.41, 5.74) is 3.04. The zero-order valence-corrected chi connectivity index (χ0v) is 21.7. The van der Waals surface area contributed by atoms with E-state index < -0.39 is 0 Å². The number of amides is 1. The summed E-state index contributed by atoms with van der Waals surface area (Å²) in [7, 11) is 0. The zero-order chi connectivity index (χ0) is 24.2. The summed E-state index contributed by atoms with van der Waals surface area (Å²) in [6.45, 7) is 4.33. The van der Waals surface area contributed by atoms with Crippen LogP contribution in [0.2, 0.25) is 0 Å². The van der Waals surface area contributed by atoms with Crippen LogP contribution in [-0.2, 0) is 11.4 Å². The normalized spacial score (nSPS) is 14.7. The molecule has 1 aliphatic heterocycles. The molecule has 0 unspecified atom stereocenters. The number of hydrogen-bond acceptors (Lipinski definition) is 5. The fourth-order valence-corrected chi connectivity index (χ4v) is 5.25. The molecule has 4 nitrogen and oxygen atoms in total. The maximum absolute atomic E-state index is 14.0. The van der Waals surface area contributed by atoms with Crippen molar-refractivity contribution in [2.75, 3.05) is 11.5 Å². The fourth-order valence-electron chi connectivity index (χ4n) is 3.38. The number of nitrogens with zero attached hydrogens (tertiary/aromatic N) is 1. The second-order valence-corrected chi connectivity index (χ2v) is 10.0. The first-order valence-corrected chi connectivity index (χ1v) is 12.6. The quantitative estimate of drug-likeness (QED) is 0.225. The van der Waals surface area contributed by atoms with Gasteiger partial charge in [-0.15, -0.1) is 0 Å². The lowest BCUT2D eigenvalue weighted by atomic mass is 10.1. The lowest BCUT2D eigenvalue weighted by molar-refractivity contribution is -0.113. The lowest BCUT2D eigenvalue weighted by Gasteiger charge is -2.15. The van der Waals surface area contributed by atoms with E-state index in [1.54, 1.807) is 30.3 Å². The second-order valence-electron chi connectivity index (χ2n) is 7.50. The van der Waals surface area contributed by atoms with E-state index in [4.69, 9.17) is 21.7 Å². The Bertz CT molecular complexity index is 1280. The van der Waals surface area contributed by atoms with Crippen molar-refractivity contribution in [3.05, 3.63) is 92.5 Å². The highest BCUT2D eigenvalue weighted by molar-refractivity contribution is 9.10. The van der Waals surface area contributed by atoms with Crippen molar-refractivity contribution in [1.29, 1.82) is 0 Å². The van der Waals surface area contributed by atoms with Crippen LogP contribution >= 0.6 is 39.9 Å². The first-order valence-electron chi connectivity index (χ1n) is 10.5. The summed E-state index contributed by atoms with van der Waals surface area (Å²) >= 11 is 10.3. The lowest BCUT2D eigenvalue weighted by Crippen LogP contribution is -2.27. The van der Waals surface area contributed by atoms with Crippen molar-refractivity contribution in [1.82, 2.24) is 0 Å². The summed E-state index contributed by atoms with van der Waals surface area (Å²) < 4.78 is 26.8. The van der Waals surface area contributed by atoms with Crippen molar-refractivity contribution >= 4 is 61.9 Å². The first kappa shape index (κ1) is 24.4. The Morgan fingerprint density at radius 1 is 1.12 bits per heavy atom.